The summed E-state index contributed by atoms with van der Waals surface area (Å²) in [6.07, 6.45) is 0.457. The lowest BCUT2D eigenvalue weighted by Crippen LogP contribution is -2.37. The smallest absolute Gasteiger partial charge is 0.335 e. The van der Waals surface area contributed by atoms with Gasteiger partial charge in [-0.25, -0.2) is 17.6 Å². The topological polar surface area (TPSA) is 110 Å². The minimum absolute atomic E-state index is 0.134. The lowest BCUT2D eigenvalue weighted by Gasteiger charge is -2.32. The van der Waals surface area contributed by atoms with E-state index in [0.717, 1.165) is 6.07 Å². The van der Waals surface area contributed by atoms with Crippen LogP contribution < -0.4 is 9.62 Å². The Morgan fingerprint density at radius 1 is 1.33 bits per heavy atom. The van der Waals surface area contributed by atoms with Crippen LogP contribution in [0, 0.1) is 11.3 Å². The van der Waals surface area contributed by atoms with E-state index in [1.807, 2.05) is 6.07 Å². The highest BCUT2D eigenvalue weighted by atomic mass is 32.2. The molecule has 0 bridgehead atoms. The van der Waals surface area contributed by atoms with Crippen LogP contribution in [0.1, 0.15) is 41.3 Å². The molecule has 0 unspecified atom stereocenters. The Bertz CT molecular complexity index is 1110. The fourth-order valence-electron chi connectivity index (χ4n) is 3.54. The Kier molecular flexibility index (Phi) is 6.27. The number of alkyl halides is 1. The number of carboxylic acids is 1. The average Bonchev–Trinajstić information content (AvgIpc) is 2.72. The van der Waals surface area contributed by atoms with Crippen molar-refractivity contribution in [2.45, 2.75) is 37.3 Å². The second-order valence-electron chi connectivity index (χ2n) is 7.12. The van der Waals surface area contributed by atoms with E-state index in [9.17, 15) is 28.0 Å². The van der Waals surface area contributed by atoms with Crippen LogP contribution in [0.25, 0.3) is 0 Å². The first-order valence-electron chi connectivity index (χ1n) is 9.57. The van der Waals surface area contributed by atoms with Crippen LogP contribution in [0.5, 0.6) is 0 Å². The van der Waals surface area contributed by atoms with Gasteiger partial charge in [0.05, 0.1) is 33.5 Å². The van der Waals surface area contributed by atoms with Crippen molar-refractivity contribution in [2.24, 2.45) is 0 Å². The molecular weight excluding hydrogens is 409 g/mol. The van der Waals surface area contributed by atoms with Crippen molar-refractivity contribution < 1.29 is 22.7 Å². The molecule has 158 valence electrons. The number of halogens is 1. The molecule has 0 aliphatic carbocycles. The molecule has 7 nitrogen and oxygen atoms in total. The number of carboxylic acid groups (broad SMARTS) is 1. The van der Waals surface area contributed by atoms with Gasteiger partial charge in [-0.3, -0.25) is 4.72 Å². The minimum atomic E-state index is -4.15. The van der Waals surface area contributed by atoms with Crippen LogP contribution >= 0.6 is 0 Å². The predicted molar refractivity (Wildman–Crippen MR) is 111 cm³/mol. The largest absolute Gasteiger partial charge is 0.478 e. The highest BCUT2D eigenvalue weighted by Gasteiger charge is 2.25. The van der Waals surface area contributed by atoms with Crippen molar-refractivity contribution in [3.8, 4) is 6.07 Å². The summed E-state index contributed by atoms with van der Waals surface area (Å²) in [5.41, 5.74) is 1.21. The third-order valence-electron chi connectivity index (χ3n) is 5.06. The average molecular weight is 431 g/mol. The van der Waals surface area contributed by atoms with Crippen LogP contribution in [0.3, 0.4) is 0 Å². The molecule has 0 aromatic heterocycles. The summed E-state index contributed by atoms with van der Waals surface area (Å²) in [6, 6.07) is 10.5. The molecular formula is C21H22FN3O4S. The summed E-state index contributed by atoms with van der Waals surface area (Å²) in [4.78, 5) is 12.9. The first-order valence-corrected chi connectivity index (χ1v) is 11.1. The second kappa shape index (κ2) is 8.71. The summed E-state index contributed by atoms with van der Waals surface area (Å²) in [5.74, 6) is -1.23. The maximum Gasteiger partial charge on any atom is 0.335 e. The van der Waals surface area contributed by atoms with Gasteiger partial charge in [-0.2, -0.15) is 5.26 Å². The van der Waals surface area contributed by atoms with Crippen LogP contribution in [0.4, 0.5) is 15.8 Å². The maximum absolute atomic E-state index is 13.9. The fraction of sp³-hybridized carbons (Fsp3) is 0.333. The Morgan fingerprint density at radius 2 is 2.10 bits per heavy atom. The molecule has 2 aromatic carbocycles. The summed E-state index contributed by atoms with van der Waals surface area (Å²) < 4.78 is 42.8. The third kappa shape index (κ3) is 4.54. The maximum atomic E-state index is 13.9. The second-order valence-corrected chi connectivity index (χ2v) is 8.77. The molecule has 0 radical (unpaired) electrons. The quantitative estimate of drug-likeness (QED) is 0.724. The number of anilines is 2. The molecule has 1 heterocycles. The van der Waals surface area contributed by atoms with E-state index in [-0.39, 0.29) is 28.3 Å². The first kappa shape index (κ1) is 21.6. The number of aryl methyl sites for hydroxylation is 1. The van der Waals surface area contributed by atoms with Gasteiger partial charge in [0.1, 0.15) is 6.17 Å². The van der Waals surface area contributed by atoms with Crippen molar-refractivity contribution in [2.75, 3.05) is 22.7 Å². The van der Waals surface area contributed by atoms with Crippen molar-refractivity contribution in [1.29, 1.82) is 5.26 Å². The molecule has 2 aromatic rings. The number of carbonyl (C=O) groups is 1. The molecule has 1 saturated heterocycles. The number of piperidine rings is 1. The zero-order valence-electron chi connectivity index (χ0n) is 16.4. The molecule has 30 heavy (non-hydrogen) atoms. The van der Waals surface area contributed by atoms with Crippen molar-refractivity contribution >= 4 is 27.4 Å². The Labute approximate surface area is 174 Å². The number of hydrogen-bond acceptors (Lipinski definition) is 5. The number of hydrogen-bond donors (Lipinski definition) is 2. The Hall–Kier alpha value is -3.12. The van der Waals surface area contributed by atoms with Gasteiger partial charge in [-0.15, -0.1) is 0 Å². The van der Waals surface area contributed by atoms with E-state index >= 15 is 0 Å². The van der Waals surface area contributed by atoms with Crippen LogP contribution in [-0.4, -0.2) is 38.8 Å². The number of rotatable bonds is 6. The summed E-state index contributed by atoms with van der Waals surface area (Å²) in [7, 11) is -4.15. The monoisotopic (exact) mass is 431 g/mol. The molecule has 1 aliphatic rings. The van der Waals surface area contributed by atoms with Gasteiger partial charge in [0.2, 0.25) is 0 Å². The predicted octanol–water partition coefficient (Wildman–Crippen LogP) is 3.56. The Morgan fingerprint density at radius 3 is 2.73 bits per heavy atom. The van der Waals surface area contributed by atoms with E-state index in [0.29, 0.717) is 37.1 Å². The number of nitrogens with zero attached hydrogens (tertiary/aromatic N) is 2. The molecule has 1 atom stereocenters. The van der Waals surface area contributed by atoms with Crippen molar-refractivity contribution in [3.63, 3.8) is 0 Å². The molecule has 0 saturated carbocycles. The van der Waals surface area contributed by atoms with Crippen LogP contribution in [-0.2, 0) is 16.4 Å². The standard InChI is InChI=1S/C21H22FN3O4S/c1-2-15-6-7-16(21(26)27)11-20(15)30(28,29)24-18-10-14(12-23)5-8-19(18)25-9-3-4-17(22)13-25/h5-8,10-11,17,24H,2-4,9,13H2,1H3,(H,26,27)/t17-/m1/s1. The third-order valence-corrected chi connectivity index (χ3v) is 6.51. The van der Waals surface area contributed by atoms with Gasteiger partial charge in [0.15, 0.2) is 0 Å². The lowest BCUT2D eigenvalue weighted by molar-refractivity contribution is 0.0696. The van der Waals surface area contributed by atoms with E-state index < -0.39 is 22.2 Å². The van der Waals surface area contributed by atoms with Crippen molar-refractivity contribution in [3.05, 3.63) is 53.1 Å². The number of benzene rings is 2. The van der Waals surface area contributed by atoms with E-state index in [2.05, 4.69) is 4.72 Å². The fourth-order valence-corrected chi connectivity index (χ4v) is 4.94. The first-order chi connectivity index (χ1) is 14.2. The van der Waals surface area contributed by atoms with Crippen molar-refractivity contribution in [1.82, 2.24) is 0 Å². The summed E-state index contributed by atoms with van der Waals surface area (Å²) in [6.45, 7) is 2.47. The summed E-state index contributed by atoms with van der Waals surface area (Å²) in [5, 5.41) is 18.5. The van der Waals surface area contributed by atoms with Gasteiger partial charge < -0.3 is 10.0 Å². The molecule has 0 spiro atoms. The summed E-state index contributed by atoms with van der Waals surface area (Å²) >= 11 is 0. The highest BCUT2D eigenvalue weighted by molar-refractivity contribution is 7.92. The van der Waals surface area contributed by atoms with E-state index in [1.54, 1.807) is 24.0 Å². The molecule has 2 N–H and O–H groups in total. The molecule has 0 amide bonds. The molecule has 3 rings (SSSR count). The van der Waals surface area contributed by atoms with Gasteiger partial charge in [0.25, 0.3) is 10.0 Å². The van der Waals surface area contributed by atoms with Gasteiger partial charge in [-0.1, -0.05) is 13.0 Å². The molecule has 1 fully saturated rings. The van der Waals surface area contributed by atoms with Crippen LogP contribution in [0.15, 0.2) is 41.3 Å². The van der Waals surface area contributed by atoms with Gasteiger partial charge in [-0.05, 0) is 55.2 Å². The van der Waals surface area contributed by atoms with E-state index in [4.69, 9.17) is 0 Å². The zero-order valence-corrected chi connectivity index (χ0v) is 17.2. The normalized spacial score (nSPS) is 16.7. The Balaban J connectivity index is 2.05. The SMILES string of the molecule is CCc1ccc(C(=O)O)cc1S(=O)(=O)Nc1cc(C#N)ccc1N1CCC[C@@H](F)C1. The van der Waals surface area contributed by atoms with E-state index in [1.165, 1.54) is 18.2 Å². The number of aromatic carboxylic acids is 1. The number of nitrogens with one attached hydrogen (secondary N) is 1. The number of nitriles is 1. The molecule has 9 heteroatoms. The van der Waals surface area contributed by atoms with Crippen LogP contribution in [0.2, 0.25) is 0 Å². The minimum Gasteiger partial charge on any atom is -0.478 e. The zero-order chi connectivity index (χ0) is 21.9. The van der Waals surface area contributed by atoms with Gasteiger partial charge in [0, 0.05) is 13.1 Å². The lowest BCUT2D eigenvalue weighted by atomic mass is 10.1. The van der Waals surface area contributed by atoms with Gasteiger partial charge >= 0.3 is 5.97 Å². The highest BCUT2D eigenvalue weighted by Crippen LogP contribution is 2.32. The number of sulfonamides is 1. The molecule has 1 aliphatic heterocycles.